The highest BCUT2D eigenvalue weighted by Crippen LogP contribution is 2.18. The first-order chi connectivity index (χ1) is 8.66. The monoisotopic (exact) mass is 252 g/mol. The SMILES string of the molecule is CC(C)N(CC1CCNCC1)c1ncc(F)cn1. The van der Waals surface area contributed by atoms with Crippen molar-refractivity contribution in [2.75, 3.05) is 24.5 Å². The van der Waals surface area contributed by atoms with Crippen LogP contribution in [0.1, 0.15) is 26.7 Å². The van der Waals surface area contributed by atoms with Gasteiger partial charge in [0.15, 0.2) is 5.82 Å². The van der Waals surface area contributed by atoms with Gasteiger partial charge in [0.1, 0.15) is 0 Å². The molecule has 18 heavy (non-hydrogen) atoms. The quantitative estimate of drug-likeness (QED) is 0.887. The molecule has 0 bridgehead atoms. The van der Waals surface area contributed by atoms with Gasteiger partial charge in [0, 0.05) is 12.6 Å². The Morgan fingerprint density at radius 3 is 2.50 bits per heavy atom. The normalized spacial score (nSPS) is 17.1. The third kappa shape index (κ3) is 3.38. The summed E-state index contributed by atoms with van der Waals surface area (Å²) < 4.78 is 12.9. The van der Waals surface area contributed by atoms with Crippen LogP contribution in [0.2, 0.25) is 0 Å². The summed E-state index contributed by atoms with van der Waals surface area (Å²) in [4.78, 5) is 10.3. The number of nitrogens with zero attached hydrogens (tertiary/aromatic N) is 3. The van der Waals surface area contributed by atoms with Crippen LogP contribution in [0.25, 0.3) is 0 Å². The Balaban J connectivity index is 2.05. The highest BCUT2D eigenvalue weighted by Gasteiger charge is 2.20. The third-order valence-corrected chi connectivity index (χ3v) is 3.40. The molecule has 0 saturated carbocycles. The number of aromatic nitrogens is 2. The summed E-state index contributed by atoms with van der Waals surface area (Å²) in [6.45, 7) is 7.36. The van der Waals surface area contributed by atoms with Gasteiger partial charge < -0.3 is 10.2 Å². The van der Waals surface area contributed by atoms with E-state index in [1.807, 2.05) is 0 Å². The lowest BCUT2D eigenvalue weighted by Gasteiger charge is -2.32. The minimum absolute atomic E-state index is 0.324. The van der Waals surface area contributed by atoms with Gasteiger partial charge >= 0.3 is 0 Å². The zero-order chi connectivity index (χ0) is 13.0. The largest absolute Gasteiger partial charge is 0.338 e. The highest BCUT2D eigenvalue weighted by molar-refractivity contribution is 5.30. The van der Waals surface area contributed by atoms with Crippen LogP contribution in [0.3, 0.4) is 0 Å². The first-order valence-electron chi connectivity index (χ1n) is 6.61. The van der Waals surface area contributed by atoms with Crippen LogP contribution in [0.5, 0.6) is 0 Å². The standard InChI is InChI=1S/C13H21FN4/c1-10(2)18(9-11-3-5-15-6-4-11)13-16-7-12(14)8-17-13/h7-8,10-11,15H,3-6,9H2,1-2H3. The van der Waals surface area contributed by atoms with Crippen LogP contribution in [0, 0.1) is 11.7 Å². The van der Waals surface area contributed by atoms with Gasteiger partial charge in [-0.3, -0.25) is 0 Å². The van der Waals surface area contributed by atoms with E-state index in [1.54, 1.807) is 0 Å². The molecule has 0 spiro atoms. The summed E-state index contributed by atoms with van der Waals surface area (Å²) in [5.41, 5.74) is 0. The summed E-state index contributed by atoms with van der Waals surface area (Å²) >= 11 is 0. The Kier molecular flexibility index (Phi) is 4.47. The van der Waals surface area contributed by atoms with Gasteiger partial charge in [0.05, 0.1) is 12.4 Å². The van der Waals surface area contributed by atoms with Crippen LogP contribution in [0.4, 0.5) is 10.3 Å². The second-order valence-electron chi connectivity index (χ2n) is 5.14. The lowest BCUT2D eigenvalue weighted by Crippen LogP contribution is -2.40. The van der Waals surface area contributed by atoms with Crippen LogP contribution >= 0.6 is 0 Å². The summed E-state index contributed by atoms with van der Waals surface area (Å²) in [5, 5.41) is 3.37. The molecule has 0 aromatic carbocycles. The molecule has 1 fully saturated rings. The van der Waals surface area contributed by atoms with Gasteiger partial charge in [-0.15, -0.1) is 0 Å². The van der Waals surface area contributed by atoms with Gasteiger partial charge in [0.2, 0.25) is 5.95 Å². The van der Waals surface area contributed by atoms with E-state index in [9.17, 15) is 4.39 Å². The number of hydrogen-bond donors (Lipinski definition) is 1. The van der Waals surface area contributed by atoms with Crippen molar-refractivity contribution in [3.63, 3.8) is 0 Å². The topological polar surface area (TPSA) is 41.0 Å². The minimum Gasteiger partial charge on any atom is -0.338 e. The number of rotatable bonds is 4. The Morgan fingerprint density at radius 1 is 1.33 bits per heavy atom. The van der Waals surface area contributed by atoms with E-state index in [1.165, 1.54) is 25.2 Å². The second-order valence-corrected chi connectivity index (χ2v) is 5.14. The second kappa shape index (κ2) is 6.09. The molecule has 2 rings (SSSR count). The van der Waals surface area contributed by atoms with E-state index in [2.05, 4.69) is 34.0 Å². The summed E-state index contributed by atoms with van der Waals surface area (Å²) in [6.07, 6.45) is 4.84. The van der Waals surface area contributed by atoms with Gasteiger partial charge in [0.25, 0.3) is 0 Å². The van der Waals surface area contributed by atoms with Crippen molar-refractivity contribution in [1.82, 2.24) is 15.3 Å². The number of anilines is 1. The van der Waals surface area contributed by atoms with Crippen molar-refractivity contribution in [1.29, 1.82) is 0 Å². The highest BCUT2D eigenvalue weighted by atomic mass is 19.1. The Hall–Kier alpha value is -1.23. The van der Waals surface area contributed by atoms with Gasteiger partial charge in [-0.05, 0) is 45.7 Å². The summed E-state index contributed by atoms with van der Waals surface area (Å²) in [6, 6.07) is 0.324. The number of nitrogens with one attached hydrogen (secondary N) is 1. The molecule has 1 aromatic rings. The van der Waals surface area contributed by atoms with Crippen LogP contribution in [-0.2, 0) is 0 Å². The van der Waals surface area contributed by atoms with Gasteiger partial charge in [-0.25, -0.2) is 14.4 Å². The molecule has 1 aromatic heterocycles. The zero-order valence-electron chi connectivity index (χ0n) is 11.1. The van der Waals surface area contributed by atoms with Crippen LogP contribution < -0.4 is 10.2 Å². The van der Waals surface area contributed by atoms with Gasteiger partial charge in [-0.1, -0.05) is 0 Å². The summed E-state index contributed by atoms with van der Waals surface area (Å²) in [5.74, 6) is 0.913. The molecule has 0 aliphatic carbocycles. The Morgan fingerprint density at radius 2 is 1.94 bits per heavy atom. The Labute approximate surface area is 108 Å². The van der Waals surface area contributed by atoms with Crippen molar-refractivity contribution in [2.45, 2.75) is 32.7 Å². The predicted molar refractivity (Wildman–Crippen MR) is 70.1 cm³/mol. The molecule has 0 amide bonds. The molecule has 0 atom stereocenters. The molecule has 4 nitrogen and oxygen atoms in total. The molecule has 2 heterocycles. The van der Waals surface area contributed by atoms with E-state index < -0.39 is 0 Å². The molecular weight excluding hydrogens is 231 g/mol. The molecule has 1 saturated heterocycles. The maximum absolute atomic E-state index is 12.9. The average Bonchev–Trinajstić information content (AvgIpc) is 2.38. The van der Waals surface area contributed by atoms with Crippen LogP contribution in [-0.4, -0.2) is 35.6 Å². The lowest BCUT2D eigenvalue weighted by molar-refractivity contribution is 0.366. The van der Waals surface area contributed by atoms with Crippen molar-refractivity contribution in [3.05, 3.63) is 18.2 Å². The van der Waals surface area contributed by atoms with Crippen molar-refractivity contribution in [3.8, 4) is 0 Å². The number of hydrogen-bond acceptors (Lipinski definition) is 4. The molecular formula is C13H21FN4. The fourth-order valence-corrected chi connectivity index (χ4v) is 2.32. The molecule has 1 aliphatic heterocycles. The first-order valence-corrected chi connectivity index (χ1v) is 6.61. The predicted octanol–water partition coefficient (Wildman–Crippen LogP) is 1.83. The van der Waals surface area contributed by atoms with E-state index in [0.717, 1.165) is 19.6 Å². The van der Waals surface area contributed by atoms with Crippen molar-refractivity contribution >= 4 is 5.95 Å². The molecule has 100 valence electrons. The fraction of sp³-hybridized carbons (Fsp3) is 0.692. The molecule has 0 unspecified atom stereocenters. The Bertz CT molecular complexity index is 360. The smallest absolute Gasteiger partial charge is 0.225 e. The number of halogens is 1. The minimum atomic E-state index is -0.385. The van der Waals surface area contributed by atoms with Gasteiger partial charge in [-0.2, -0.15) is 0 Å². The fourth-order valence-electron chi connectivity index (χ4n) is 2.32. The molecule has 1 aliphatic rings. The number of piperidine rings is 1. The van der Waals surface area contributed by atoms with Crippen LogP contribution in [0.15, 0.2) is 12.4 Å². The maximum Gasteiger partial charge on any atom is 0.225 e. The van der Waals surface area contributed by atoms with E-state index in [0.29, 0.717) is 17.9 Å². The summed E-state index contributed by atoms with van der Waals surface area (Å²) in [7, 11) is 0. The van der Waals surface area contributed by atoms with E-state index >= 15 is 0 Å². The average molecular weight is 252 g/mol. The molecule has 0 radical (unpaired) electrons. The lowest BCUT2D eigenvalue weighted by atomic mass is 9.97. The third-order valence-electron chi connectivity index (χ3n) is 3.40. The zero-order valence-corrected chi connectivity index (χ0v) is 11.1. The first kappa shape index (κ1) is 13.2. The maximum atomic E-state index is 12.9. The van der Waals surface area contributed by atoms with Crippen molar-refractivity contribution < 1.29 is 4.39 Å². The van der Waals surface area contributed by atoms with E-state index in [4.69, 9.17) is 0 Å². The van der Waals surface area contributed by atoms with E-state index in [-0.39, 0.29) is 5.82 Å². The molecule has 5 heteroatoms. The molecule has 1 N–H and O–H groups in total. The van der Waals surface area contributed by atoms with Crippen molar-refractivity contribution in [2.24, 2.45) is 5.92 Å².